The Labute approximate surface area is 124 Å². The Balaban J connectivity index is 1.49. The number of nitrogens with one attached hydrogen (secondary N) is 1. The molecule has 0 bridgehead atoms. The monoisotopic (exact) mass is 294 g/mol. The minimum Gasteiger partial charge on any atom is -0.376 e. The Morgan fingerprint density at radius 1 is 1.43 bits per heavy atom. The fourth-order valence-electron chi connectivity index (χ4n) is 3.03. The second-order valence-corrected chi connectivity index (χ2v) is 5.74. The van der Waals surface area contributed by atoms with Crippen molar-refractivity contribution in [3.8, 4) is 0 Å². The molecule has 2 fully saturated rings. The van der Waals surface area contributed by atoms with Gasteiger partial charge in [0.2, 0.25) is 11.8 Å². The summed E-state index contributed by atoms with van der Waals surface area (Å²) in [7, 11) is 0. The van der Waals surface area contributed by atoms with Crippen molar-refractivity contribution in [1.29, 1.82) is 0 Å². The molecule has 2 aliphatic rings. The summed E-state index contributed by atoms with van der Waals surface area (Å²) in [5, 5.41) is 6.94. The first-order chi connectivity index (χ1) is 10.2. The summed E-state index contributed by atoms with van der Waals surface area (Å²) in [5.41, 5.74) is 0. The number of carbonyl (C=O) groups is 1. The lowest BCUT2D eigenvalue weighted by atomic mass is 10.2. The van der Waals surface area contributed by atoms with Gasteiger partial charge in [-0.1, -0.05) is 5.16 Å². The zero-order valence-electron chi connectivity index (χ0n) is 12.4. The SMILES string of the molecule is Cc1nc([C@H]2CCCN2CC(=O)NC[C@@H]2CCCO2)no1. The molecular formula is C14H22N4O3. The number of nitrogens with zero attached hydrogens (tertiary/aromatic N) is 3. The quantitative estimate of drug-likeness (QED) is 0.865. The molecule has 3 heterocycles. The smallest absolute Gasteiger partial charge is 0.234 e. The van der Waals surface area contributed by atoms with Crippen molar-refractivity contribution in [2.45, 2.75) is 44.8 Å². The molecular weight excluding hydrogens is 272 g/mol. The third-order valence-electron chi connectivity index (χ3n) is 4.10. The molecule has 3 rings (SSSR count). The highest BCUT2D eigenvalue weighted by molar-refractivity contribution is 5.78. The van der Waals surface area contributed by atoms with E-state index in [0.29, 0.717) is 24.8 Å². The highest BCUT2D eigenvalue weighted by Crippen LogP contribution is 2.29. The van der Waals surface area contributed by atoms with Crippen molar-refractivity contribution in [1.82, 2.24) is 20.4 Å². The summed E-state index contributed by atoms with van der Waals surface area (Å²) in [4.78, 5) is 18.5. The van der Waals surface area contributed by atoms with Crippen molar-refractivity contribution in [3.05, 3.63) is 11.7 Å². The van der Waals surface area contributed by atoms with Gasteiger partial charge in [-0.25, -0.2) is 0 Å². The minimum atomic E-state index is 0.0395. The molecule has 2 aliphatic heterocycles. The molecule has 0 aromatic carbocycles. The number of hydrogen-bond donors (Lipinski definition) is 1. The lowest BCUT2D eigenvalue weighted by Gasteiger charge is -2.21. The van der Waals surface area contributed by atoms with Crippen LogP contribution in [0.15, 0.2) is 4.52 Å². The summed E-state index contributed by atoms with van der Waals surface area (Å²) in [5.74, 6) is 1.30. The zero-order chi connectivity index (χ0) is 14.7. The zero-order valence-corrected chi connectivity index (χ0v) is 12.4. The molecule has 0 saturated carbocycles. The first-order valence-corrected chi connectivity index (χ1v) is 7.65. The third kappa shape index (κ3) is 3.59. The van der Waals surface area contributed by atoms with Gasteiger partial charge in [-0.2, -0.15) is 4.98 Å². The molecule has 0 unspecified atom stereocenters. The molecule has 1 amide bonds. The van der Waals surface area contributed by atoms with E-state index in [0.717, 1.165) is 38.8 Å². The maximum Gasteiger partial charge on any atom is 0.234 e. The summed E-state index contributed by atoms with van der Waals surface area (Å²) in [6.07, 6.45) is 4.33. The molecule has 0 spiro atoms. The number of ether oxygens (including phenoxy) is 1. The number of rotatable bonds is 5. The molecule has 1 N–H and O–H groups in total. The van der Waals surface area contributed by atoms with Crippen LogP contribution in [0.25, 0.3) is 0 Å². The molecule has 2 atom stereocenters. The van der Waals surface area contributed by atoms with Crippen molar-refractivity contribution in [2.75, 3.05) is 26.2 Å². The standard InChI is InChI=1S/C14H22N4O3/c1-10-16-14(17-21-10)12-5-2-6-18(12)9-13(19)15-8-11-4-3-7-20-11/h11-12H,2-9H2,1H3,(H,15,19)/t11-,12+/m0/s1. The average Bonchev–Trinajstić information content (AvgIpc) is 3.17. The van der Waals surface area contributed by atoms with E-state index >= 15 is 0 Å². The maximum atomic E-state index is 12.1. The molecule has 1 aromatic rings. The Morgan fingerprint density at radius 2 is 2.33 bits per heavy atom. The lowest BCUT2D eigenvalue weighted by Crippen LogP contribution is -2.40. The fourth-order valence-corrected chi connectivity index (χ4v) is 3.03. The van der Waals surface area contributed by atoms with E-state index in [1.165, 1.54) is 0 Å². The van der Waals surface area contributed by atoms with Gasteiger partial charge < -0.3 is 14.6 Å². The number of aryl methyl sites for hydroxylation is 1. The van der Waals surface area contributed by atoms with E-state index in [1.807, 2.05) is 0 Å². The molecule has 116 valence electrons. The fraction of sp³-hybridized carbons (Fsp3) is 0.786. The van der Waals surface area contributed by atoms with Crippen LogP contribution in [0.1, 0.15) is 43.4 Å². The second-order valence-electron chi connectivity index (χ2n) is 5.74. The summed E-state index contributed by atoms with van der Waals surface area (Å²) in [6, 6.07) is 0.0935. The summed E-state index contributed by atoms with van der Waals surface area (Å²) >= 11 is 0. The Hall–Kier alpha value is -1.47. The molecule has 21 heavy (non-hydrogen) atoms. The van der Waals surface area contributed by atoms with E-state index in [9.17, 15) is 4.79 Å². The maximum absolute atomic E-state index is 12.1. The van der Waals surface area contributed by atoms with Crippen LogP contribution >= 0.6 is 0 Å². The van der Waals surface area contributed by atoms with Crippen LogP contribution in [0, 0.1) is 6.92 Å². The van der Waals surface area contributed by atoms with Crippen LogP contribution in [-0.4, -0.2) is 53.3 Å². The molecule has 0 aliphatic carbocycles. The summed E-state index contributed by atoms with van der Waals surface area (Å²) in [6.45, 7) is 4.48. The lowest BCUT2D eigenvalue weighted by molar-refractivity contribution is -0.123. The van der Waals surface area contributed by atoms with Gasteiger partial charge in [0.05, 0.1) is 18.7 Å². The van der Waals surface area contributed by atoms with Gasteiger partial charge in [-0.3, -0.25) is 9.69 Å². The Kier molecular flexibility index (Phi) is 4.50. The van der Waals surface area contributed by atoms with Gasteiger partial charge >= 0.3 is 0 Å². The number of hydrogen-bond acceptors (Lipinski definition) is 6. The van der Waals surface area contributed by atoms with E-state index in [4.69, 9.17) is 9.26 Å². The predicted molar refractivity (Wildman–Crippen MR) is 74.6 cm³/mol. The highest BCUT2D eigenvalue weighted by atomic mass is 16.5. The third-order valence-corrected chi connectivity index (χ3v) is 4.10. The van der Waals surface area contributed by atoms with Gasteiger partial charge in [-0.15, -0.1) is 0 Å². The van der Waals surface area contributed by atoms with Gasteiger partial charge in [0.1, 0.15) is 0 Å². The van der Waals surface area contributed by atoms with Crippen molar-refractivity contribution >= 4 is 5.91 Å². The van der Waals surface area contributed by atoms with Crippen LogP contribution in [-0.2, 0) is 9.53 Å². The first-order valence-electron chi connectivity index (χ1n) is 7.65. The van der Waals surface area contributed by atoms with Gasteiger partial charge in [-0.05, 0) is 32.2 Å². The van der Waals surface area contributed by atoms with Gasteiger partial charge in [0, 0.05) is 20.1 Å². The van der Waals surface area contributed by atoms with Crippen LogP contribution in [0.4, 0.5) is 0 Å². The largest absolute Gasteiger partial charge is 0.376 e. The summed E-state index contributed by atoms with van der Waals surface area (Å²) < 4.78 is 10.5. The van der Waals surface area contributed by atoms with Gasteiger partial charge in [0.25, 0.3) is 0 Å². The number of amides is 1. The van der Waals surface area contributed by atoms with E-state index < -0.39 is 0 Å². The van der Waals surface area contributed by atoms with E-state index in [2.05, 4.69) is 20.4 Å². The van der Waals surface area contributed by atoms with Crippen molar-refractivity contribution < 1.29 is 14.1 Å². The molecule has 7 nitrogen and oxygen atoms in total. The Morgan fingerprint density at radius 3 is 3.05 bits per heavy atom. The van der Waals surface area contributed by atoms with Crippen LogP contribution < -0.4 is 5.32 Å². The van der Waals surface area contributed by atoms with E-state index in [1.54, 1.807) is 6.92 Å². The number of carbonyl (C=O) groups excluding carboxylic acids is 1. The molecule has 2 saturated heterocycles. The Bertz CT molecular complexity index is 484. The molecule has 0 radical (unpaired) electrons. The van der Waals surface area contributed by atoms with Gasteiger partial charge in [0.15, 0.2) is 5.82 Å². The first kappa shape index (κ1) is 14.5. The second kappa shape index (κ2) is 6.53. The average molecular weight is 294 g/mol. The van der Waals surface area contributed by atoms with E-state index in [-0.39, 0.29) is 18.1 Å². The van der Waals surface area contributed by atoms with Crippen molar-refractivity contribution in [3.63, 3.8) is 0 Å². The minimum absolute atomic E-state index is 0.0395. The number of likely N-dealkylation sites (tertiary alicyclic amines) is 1. The molecule has 1 aromatic heterocycles. The predicted octanol–water partition coefficient (Wildman–Crippen LogP) is 0.810. The van der Waals surface area contributed by atoms with Crippen LogP contribution in [0.2, 0.25) is 0 Å². The number of aromatic nitrogens is 2. The normalized spacial score (nSPS) is 26.3. The molecule has 7 heteroatoms. The van der Waals surface area contributed by atoms with Crippen LogP contribution in [0.3, 0.4) is 0 Å². The van der Waals surface area contributed by atoms with Crippen LogP contribution in [0.5, 0.6) is 0 Å². The topological polar surface area (TPSA) is 80.5 Å². The highest BCUT2D eigenvalue weighted by Gasteiger charge is 2.31. The van der Waals surface area contributed by atoms with Crippen molar-refractivity contribution in [2.24, 2.45) is 0 Å².